The summed E-state index contributed by atoms with van der Waals surface area (Å²) < 4.78 is 69.6. The molecule has 1 amide bonds. The summed E-state index contributed by atoms with van der Waals surface area (Å²) in [5.74, 6) is -2.12. The highest BCUT2D eigenvalue weighted by molar-refractivity contribution is 7.89. The summed E-state index contributed by atoms with van der Waals surface area (Å²) in [4.78, 5) is 22.0. The van der Waals surface area contributed by atoms with Gasteiger partial charge in [0.1, 0.15) is 6.04 Å². The first kappa shape index (κ1) is 21.9. The van der Waals surface area contributed by atoms with E-state index in [0.29, 0.717) is 6.07 Å². The number of hydrogen-bond donors (Lipinski definition) is 2. The molecule has 0 aliphatic carbocycles. The molecule has 146 valence electrons. The first-order valence-electron chi connectivity index (χ1n) is 7.47. The maximum Gasteiger partial charge on any atom is 0.416 e. The number of nitrogens with one attached hydrogen (secondary N) is 1. The second-order valence-corrected chi connectivity index (χ2v) is 7.62. The lowest BCUT2D eigenvalue weighted by molar-refractivity contribution is -0.149. The maximum atomic E-state index is 12.8. The fourth-order valence-corrected chi connectivity index (χ4v) is 3.24. The summed E-state index contributed by atoms with van der Waals surface area (Å²) in [6.45, 7) is 2.67. The molecular formula is C15H19F3N2O5S. The molecule has 0 unspecified atom stereocenters. The molecule has 0 aliphatic heterocycles. The number of esters is 1. The van der Waals surface area contributed by atoms with Gasteiger partial charge in [0.2, 0.25) is 10.0 Å². The Balaban J connectivity index is 3.08. The van der Waals surface area contributed by atoms with E-state index in [4.69, 9.17) is 5.73 Å². The third-order valence-electron chi connectivity index (χ3n) is 3.12. The lowest BCUT2D eigenvalue weighted by atomic mass is 10.1. The molecule has 0 heterocycles. The van der Waals surface area contributed by atoms with Gasteiger partial charge in [-0.2, -0.15) is 17.9 Å². The maximum absolute atomic E-state index is 12.8. The van der Waals surface area contributed by atoms with Gasteiger partial charge in [-0.25, -0.2) is 8.42 Å². The van der Waals surface area contributed by atoms with Crippen LogP contribution >= 0.6 is 0 Å². The van der Waals surface area contributed by atoms with E-state index in [1.54, 1.807) is 13.8 Å². The van der Waals surface area contributed by atoms with Crippen LogP contribution in [0.2, 0.25) is 0 Å². The van der Waals surface area contributed by atoms with Gasteiger partial charge in [0.15, 0.2) is 6.61 Å². The molecule has 1 rings (SSSR count). The van der Waals surface area contributed by atoms with Crippen molar-refractivity contribution >= 4 is 21.9 Å². The van der Waals surface area contributed by atoms with E-state index in [9.17, 15) is 31.2 Å². The summed E-state index contributed by atoms with van der Waals surface area (Å²) >= 11 is 0. The number of hydrogen-bond acceptors (Lipinski definition) is 5. The van der Waals surface area contributed by atoms with Gasteiger partial charge in [0.05, 0.1) is 10.5 Å². The van der Waals surface area contributed by atoms with Crippen molar-refractivity contribution in [3.63, 3.8) is 0 Å². The van der Waals surface area contributed by atoms with E-state index < -0.39 is 51.2 Å². The summed E-state index contributed by atoms with van der Waals surface area (Å²) in [7, 11) is -4.44. The van der Waals surface area contributed by atoms with Crippen molar-refractivity contribution in [3.8, 4) is 0 Å². The molecule has 0 spiro atoms. The summed E-state index contributed by atoms with van der Waals surface area (Å²) in [6, 6.07) is 1.72. The Morgan fingerprint density at radius 3 is 2.38 bits per heavy atom. The van der Waals surface area contributed by atoms with Gasteiger partial charge in [-0.3, -0.25) is 9.59 Å². The molecule has 1 aromatic carbocycles. The quantitative estimate of drug-likeness (QED) is 0.645. The number of nitrogens with two attached hydrogens (primary N) is 1. The van der Waals surface area contributed by atoms with Gasteiger partial charge in [-0.15, -0.1) is 0 Å². The number of halogens is 3. The predicted octanol–water partition coefficient (Wildman–Crippen LogP) is 1.43. The number of carbonyl (C=O) groups excluding carboxylic acids is 2. The minimum absolute atomic E-state index is 0.00971. The zero-order valence-corrected chi connectivity index (χ0v) is 14.9. The molecule has 11 heteroatoms. The highest BCUT2D eigenvalue weighted by Crippen LogP contribution is 2.30. The number of benzene rings is 1. The zero-order valence-electron chi connectivity index (χ0n) is 14.0. The minimum Gasteiger partial charge on any atom is -0.454 e. The molecule has 0 bridgehead atoms. The summed E-state index contributed by atoms with van der Waals surface area (Å²) in [6.07, 6.45) is -4.71. The Bertz CT molecular complexity index is 763. The average Bonchev–Trinajstić information content (AvgIpc) is 2.50. The van der Waals surface area contributed by atoms with Crippen molar-refractivity contribution in [1.29, 1.82) is 0 Å². The molecule has 0 saturated carbocycles. The molecule has 7 nitrogen and oxygen atoms in total. The van der Waals surface area contributed by atoms with E-state index in [-0.39, 0.29) is 12.3 Å². The zero-order chi connectivity index (χ0) is 20.1. The van der Waals surface area contributed by atoms with Gasteiger partial charge < -0.3 is 10.5 Å². The molecule has 1 atom stereocenters. The van der Waals surface area contributed by atoms with Crippen LogP contribution in [0.3, 0.4) is 0 Å². The van der Waals surface area contributed by atoms with Gasteiger partial charge in [0.25, 0.3) is 5.91 Å². The molecular weight excluding hydrogens is 377 g/mol. The standard InChI is InChI=1S/C15H19F3N2O5S/c1-9(2)6-12(14(22)25-8-13(19)21)20-26(23,24)11-5-3-4-10(7-11)15(16,17)18/h3-5,7,9,12,20H,6,8H2,1-2H3,(H2,19,21)/t12-/m1/s1. The fourth-order valence-electron chi connectivity index (χ4n) is 2.00. The number of rotatable bonds is 8. The highest BCUT2D eigenvalue weighted by Gasteiger charge is 2.33. The number of amides is 1. The van der Waals surface area contributed by atoms with Gasteiger partial charge in [-0.05, 0) is 30.5 Å². The lowest BCUT2D eigenvalue weighted by Crippen LogP contribution is -2.43. The van der Waals surface area contributed by atoms with E-state index in [2.05, 4.69) is 4.74 Å². The Morgan fingerprint density at radius 1 is 1.27 bits per heavy atom. The smallest absolute Gasteiger partial charge is 0.416 e. The number of sulfonamides is 1. The number of alkyl halides is 3. The molecule has 26 heavy (non-hydrogen) atoms. The summed E-state index contributed by atoms with van der Waals surface area (Å²) in [5, 5.41) is 0. The third-order valence-corrected chi connectivity index (χ3v) is 4.59. The van der Waals surface area contributed by atoms with Crippen LogP contribution in [0.15, 0.2) is 29.2 Å². The van der Waals surface area contributed by atoms with Gasteiger partial charge in [-0.1, -0.05) is 19.9 Å². The topological polar surface area (TPSA) is 116 Å². The molecule has 0 aromatic heterocycles. The van der Waals surface area contributed by atoms with Crippen molar-refractivity contribution < 1.29 is 35.9 Å². The van der Waals surface area contributed by atoms with Crippen molar-refractivity contribution in [2.45, 2.75) is 37.4 Å². The predicted molar refractivity (Wildman–Crippen MR) is 85.2 cm³/mol. The molecule has 0 aliphatic rings. The molecule has 3 N–H and O–H groups in total. The van der Waals surface area contributed by atoms with Gasteiger partial charge >= 0.3 is 12.1 Å². The van der Waals surface area contributed by atoms with Crippen LogP contribution in [0.4, 0.5) is 13.2 Å². The van der Waals surface area contributed by atoms with Crippen LogP contribution in [0.1, 0.15) is 25.8 Å². The number of carbonyl (C=O) groups is 2. The molecule has 0 saturated heterocycles. The van der Waals surface area contributed by atoms with Crippen LogP contribution in [-0.4, -0.2) is 32.9 Å². The SMILES string of the molecule is CC(C)C[C@@H](NS(=O)(=O)c1cccc(C(F)(F)F)c1)C(=O)OCC(N)=O. The first-order chi connectivity index (χ1) is 11.8. The van der Waals surface area contributed by atoms with E-state index >= 15 is 0 Å². The molecule has 0 radical (unpaired) electrons. The largest absolute Gasteiger partial charge is 0.454 e. The fraction of sp³-hybridized carbons (Fsp3) is 0.467. The Hall–Kier alpha value is -2.14. The first-order valence-corrected chi connectivity index (χ1v) is 8.95. The van der Waals surface area contributed by atoms with Crippen LogP contribution in [0.5, 0.6) is 0 Å². The Morgan fingerprint density at radius 2 is 1.88 bits per heavy atom. The average molecular weight is 396 g/mol. The van der Waals surface area contributed by atoms with Crippen molar-refractivity contribution in [2.24, 2.45) is 11.7 Å². The van der Waals surface area contributed by atoms with Gasteiger partial charge in [0, 0.05) is 0 Å². The van der Waals surface area contributed by atoms with Crippen molar-refractivity contribution in [1.82, 2.24) is 4.72 Å². The van der Waals surface area contributed by atoms with Crippen molar-refractivity contribution in [3.05, 3.63) is 29.8 Å². The Labute approximate surface area is 148 Å². The molecule has 1 aromatic rings. The second-order valence-electron chi connectivity index (χ2n) is 5.90. The van der Waals surface area contributed by atoms with Crippen LogP contribution in [-0.2, 0) is 30.5 Å². The van der Waals surface area contributed by atoms with Crippen molar-refractivity contribution in [2.75, 3.05) is 6.61 Å². The number of primary amides is 1. The van der Waals surface area contributed by atoms with Crippen LogP contribution in [0, 0.1) is 5.92 Å². The van der Waals surface area contributed by atoms with Crippen LogP contribution in [0.25, 0.3) is 0 Å². The molecule has 0 fully saturated rings. The monoisotopic (exact) mass is 396 g/mol. The van der Waals surface area contributed by atoms with E-state index in [1.165, 1.54) is 0 Å². The lowest BCUT2D eigenvalue weighted by Gasteiger charge is -2.19. The normalized spacial score (nSPS) is 13.5. The highest BCUT2D eigenvalue weighted by atomic mass is 32.2. The van der Waals surface area contributed by atoms with E-state index in [0.717, 1.165) is 18.2 Å². The van der Waals surface area contributed by atoms with Crippen LogP contribution < -0.4 is 10.5 Å². The second kappa shape index (κ2) is 8.49. The number of ether oxygens (including phenoxy) is 1. The van der Waals surface area contributed by atoms with E-state index in [1.807, 2.05) is 4.72 Å². The summed E-state index contributed by atoms with van der Waals surface area (Å²) in [5.41, 5.74) is 3.71. The Kier molecular flexibility index (Phi) is 7.16. The third kappa shape index (κ3) is 6.64. The minimum atomic E-state index is -4.72.